The molecule has 0 aromatic rings. The SMILES string of the molecule is CCCCOS(=O)OC(C)C. The molecule has 0 aliphatic carbocycles. The van der Waals surface area contributed by atoms with Crippen LogP contribution in [0.5, 0.6) is 0 Å². The van der Waals surface area contributed by atoms with Crippen molar-refractivity contribution in [3.63, 3.8) is 0 Å². The summed E-state index contributed by atoms with van der Waals surface area (Å²) < 4.78 is 20.5. The Hall–Kier alpha value is 0.0700. The highest BCUT2D eigenvalue weighted by atomic mass is 32.2. The monoisotopic (exact) mass is 180 g/mol. The largest absolute Gasteiger partial charge is 0.304 e. The van der Waals surface area contributed by atoms with E-state index < -0.39 is 11.4 Å². The van der Waals surface area contributed by atoms with Crippen LogP contribution in [0.3, 0.4) is 0 Å². The number of rotatable bonds is 6. The molecular weight excluding hydrogens is 164 g/mol. The minimum Gasteiger partial charge on any atom is -0.268 e. The summed E-state index contributed by atoms with van der Waals surface area (Å²) in [5.74, 6) is 0. The quantitative estimate of drug-likeness (QED) is 0.585. The van der Waals surface area contributed by atoms with Gasteiger partial charge in [-0.1, -0.05) is 13.3 Å². The molecule has 0 amide bonds. The smallest absolute Gasteiger partial charge is 0.268 e. The molecule has 0 aliphatic rings. The van der Waals surface area contributed by atoms with E-state index in [1.165, 1.54) is 0 Å². The van der Waals surface area contributed by atoms with E-state index in [-0.39, 0.29) is 6.10 Å². The Morgan fingerprint density at radius 1 is 1.45 bits per heavy atom. The van der Waals surface area contributed by atoms with Crippen molar-refractivity contribution in [3.8, 4) is 0 Å². The fraction of sp³-hybridized carbons (Fsp3) is 1.00. The molecule has 0 spiro atoms. The van der Waals surface area contributed by atoms with Crippen LogP contribution in [0.4, 0.5) is 0 Å². The minimum absolute atomic E-state index is 0.0440. The molecule has 4 heteroatoms. The van der Waals surface area contributed by atoms with E-state index in [0.717, 1.165) is 12.8 Å². The highest BCUT2D eigenvalue weighted by Gasteiger charge is 2.02. The summed E-state index contributed by atoms with van der Waals surface area (Å²) in [6, 6.07) is 0. The molecule has 0 radical (unpaired) electrons. The fourth-order valence-corrected chi connectivity index (χ4v) is 1.08. The van der Waals surface area contributed by atoms with E-state index in [1.807, 2.05) is 13.8 Å². The lowest BCUT2D eigenvalue weighted by molar-refractivity contribution is 0.206. The van der Waals surface area contributed by atoms with Gasteiger partial charge in [0, 0.05) is 0 Å². The Morgan fingerprint density at radius 3 is 2.55 bits per heavy atom. The Kier molecular flexibility index (Phi) is 6.80. The fourth-order valence-electron chi connectivity index (χ4n) is 0.456. The lowest BCUT2D eigenvalue weighted by Gasteiger charge is -2.04. The first kappa shape index (κ1) is 11.1. The van der Waals surface area contributed by atoms with E-state index in [2.05, 4.69) is 6.92 Å². The molecular formula is C7H16O3S. The van der Waals surface area contributed by atoms with Gasteiger partial charge in [-0.3, -0.25) is 8.37 Å². The predicted molar refractivity (Wildman–Crippen MR) is 45.2 cm³/mol. The summed E-state index contributed by atoms with van der Waals surface area (Å²) >= 11 is -1.55. The van der Waals surface area contributed by atoms with Gasteiger partial charge in [-0.05, 0) is 20.3 Å². The third-order valence-electron chi connectivity index (χ3n) is 0.948. The second kappa shape index (κ2) is 6.76. The van der Waals surface area contributed by atoms with Crippen LogP contribution in [-0.4, -0.2) is 16.9 Å². The highest BCUT2D eigenvalue weighted by molar-refractivity contribution is 7.75. The predicted octanol–water partition coefficient (Wildman–Crippen LogP) is 1.81. The number of hydrogen-bond acceptors (Lipinski definition) is 3. The molecule has 0 rings (SSSR count). The molecule has 0 aliphatic heterocycles. The first-order valence-electron chi connectivity index (χ1n) is 3.89. The van der Waals surface area contributed by atoms with Gasteiger partial charge in [0.15, 0.2) is 0 Å². The maximum atomic E-state index is 10.8. The average molecular weight is 180 g/mol. The molecule has 0 heterocycles. The van der Waals surface area contributed by atoms with Gasteiger partial charge in [0.1, 0.15) is 0 Å². The Balaban J connectivity index is 3.23. The molecule has 1 atom stereocenters. The Bertz CT molecular complexity index is 114. The number of unbranched alkanes of at least 4 members (excludes halogenated alkanes) is 1. The second-order valence-corrected chi connectivity index (χ2v) is 3.36. The molecule has 11 heavy (non-hydrogen) atoms. The van der Waals surface area contributed by atoms with Crippen LogP contribution in [0.2, 0.25) is 0 Å². The van der Waals surface area contributed by atoms with Gasteiger partial charge in [0.05, 0.1) is 12.7 Å². The summed E-state index contributed by atoms with van der Waals surface area (Å²) in [7, 11) is 0. The molecule has 0 aromatic carbocycles. The molecule has 68 valence electrons. The third-order valence-corrected chi connectivity index (χ3v) is 1.85. The average Bonchev–Trinajstić information content (AvgIpc) is 1.86. The van der Waals surface area contributed by atoms with E-state index in [4.69, 9.17) is 8.37 Å². The van der Waals surface area contributed by atoms with Crippen molar-refractivity contribution >= 4 is 11.4 Å². The molecule has 3 nitrogen and oxygen atoms in total. The van der Waals surface area contributed by atoms with Gasteiger partial charge in [-0.15, -0.1) is 0 Å². The molecule has 0 saturated heterocycles. The zero-order valence-electron chi connectivity index (χ0n) is 7.33. The zero-order chi connectivity index (χ0) is 8.69. The first-order chi connectivity index (χ1) is 5.16. The lowest BCUT2D eigenvalue weighted by Crippen LogP contribution is -2.09. The van der Waals surface area contributed by atoms with Crippen molar-refractivity contribution in [2.75, 3.05) is 6.61 Å². The summed E-state index contributed by atoms with van der Waals surface area (Å²) in [5, 5.41) is 0. The van der Waals surface area contributed by atoms with Crippen molar-refractivity contribution in [2.24, 2.45) is 0 Å². The molecule has 0 saturated carbocycles. The van der Waals surface area contributed by atoms with Crippen LogP contribution in [0.15, 0.2) is 0 Å². The van der Waals surface area contributed by atoms with Gasteiger partial charge in [0.2, 0.25) is 0 Å². The molecule has 1 unspecified atom stereocenters. The number of hydrogen-bond donors (Lipinski definition) is 0. The van der Waals surface area contributed by atoms with Crippen LogP contribution in [0.1, 0.15) is 33.6 Å². The van der Waals surface area contributed by atoms with E-state index in [0.29, 0.717) is 6.61 Å². The van der Waals surface area contributed by atoms with Gasteiger partial charge in [-0.25, -0.2) is 0 Å². The van der Waals surface area contributed by atoms with Crippen LogP contribution in [0, 0.1) is 0 Å². The molecule has 0 fully saturated rings. The van der Waals surface area contributed by atoms with Crippen LogP contribution >= 0.6 is 0 Å². The van der Waals surface area contributed by atoms with Gasteiger partial charge in [0.25, 0.3) is 0 Å². The summed E-state index contributed by atoms with van der Waals surface area (Å²) in [5.41, 5.74) is 0. The summed E-state index contributed by atoms with van der Waals surface area (Å²) in [6.45, 7) is 6.20. The van der Waals surface area contributed by atoms with Crippen molar-refractivity contribution in [3.05, 3.63) is 0 Å². The lowest BCUT2D eigenvalue weighted by atomic mass is 10.4. The first-order valence-corrected chi connectivity index (χ1v) is 4.89. The Morgan fingerprint density at radius 2 is 2.09 bits per heavy atom. The van der Waals surface area contributed by atoms with E-state index in [1.54, 1.807) is 0 Å². The Labute approximate surface area is 70.9 Å². The van der Waals surface area contributed by atoms with Crippen molar-refractivity contribution in [1.29, 1.82) is 0 Å². The standard InChI is InChI=1S/C7H16O3S/c1-4-5-6-9-11(8)10-7(2)3/h7H,4-6H2,1-3H3. The van der Waals surface area contributed by atoms with E-state index >= 15 is 0 Å². The third kappa shape index (κ3) is 7.97. The normalized spacial score (nSPS) is 13.8. The topological polar surface area (TPSA) is 35.5 Å². The van der Waals surface area contributed by atoms with Gasteiger partial charge < -0.3 is 0 Å². The zero-order valence-corrected chi connectivity index (χ0v) is 8.15. The van der Waals surface area contributed by atoms with Crippen molar-refractivity contribution in [1.82, 2.24) is 0 Å². The second-order valence-electron chi connectivity index (χ2n) is 2.52. The van der Waals surface area contributed by atoms with E-state index in [9.17, 15) is 4.21 Å². The molecule has 0 N–H and O–H groups in total. The minimum atomic E-state index is -1.55. The van der Waals surface area contributed by atoms with Gasteiger partial charge >= 0.3 is 11.4 Å². The highest BCUT2D eigenvalue weighted by Crippen LogP contribution is 1.97. The van der Waals surface area contributed by atoms with Crippen molar-refractivity contribution < 1.29 is 12.6 Å². The van der Waals surface area contributed by atoms with Crippen molar-refractivity contribution in [2.45, 2.75) is 39.7 Å². The van der Waals surface area contributed by atoms with Gasteiger partial charge in [-0.2, -0.15) is 4.21 Å². The maximum absolute atomic E-state index is 10.8. The van der Waals surface area contributed by atoms with Crippen LogP contribution in [0.25, 0.3) is 0 Å². The molecule has 0 bridgehead atoms. The van der Waals surface area contributed by atoms with Crippen LogP contribution in [-0.2, 0) is 19.7 Å². The summed E-state index contributed by atoms with van der Waals surface area (Å²) in [4.78, 5) is 0. The molecule has 0 aromatic heterocycles. The summed E-state index contributed by atoms with van der Waals surface area (Å²) in [6.07, 6.45) is 1.92. The maximum Gasteiger partial charge on any atom is 0.304 e. The van der Waals surface area contributed by atoms with Crippen LogP contribution < -0.4 is 0 Å².